The Morgan fingerprint density at radius 3 is 2.86 bits per heavy atom. The first-order valence-corrected chi connectivity index (χ1v) is 7.88. The van der Waals surface area contributed by atoms with Crippen molar-refractivity contribution in [2.24, 2.45) is 5.92 Å². The molecule has 1 saturated heterocycles. The van der Waals surface area contributed by atoms with Gasteiger partial charge in [-0.15, -0.1) is 0 Å². The Kier molecular flexibility index (Phi) is 5.76. The van der Waals surface area contributed by atoms with Gasteiger partial charge in [0.05, 0.1) is 0 Å². The highest BCUT2D eigenvalue weighted by Crippen LogP contribution is 2.27. The molecule has 0 aliphatic carbocycles. The summed E-state index contributed by atoms with van der Waals surface area (Å²) in [5.74, 6) is 0.782. The highest BCUT2D eigenvalue weighted by Gasteiger charge is 2.30. The number of amides is 1. The Bertz CT molecular complexity index is 553. The van der Waals surface area contributed by atoms with Crippen LogP contribution in [-0.2, 0) is 16.1 Å². The predicted molar refractivity (Wildman–Crippen MR) is 79.7 cm³/mol. The number of nitrogens with zero attached hydrogens (tertiary/aromatic N) is 1. The van der Waals surface area contributed by atoms with Crippen molar-refractivity contribution in [1.29, 1.82) is 0 Å². The van der Waals surface area contributed by atoms with Gasteiger partial charge in [0, 0.05) is 37.8 Å². The fraction of sp³-hybridized carbons (Fsp3) is 0.467. The van der Waals surface area contributed by atoms with Crippen LogP contribution in [0.4, 0.5) is 8.78 Å². The lowest BCUT2D eigenvalue weighted by molar-refractivity contribution is -0.128. The molecule has 0 saturated carbocycles. The Hall–Kier alpha value is -1.63. The van der Waals surface area contributed by atoms with Crippen molar-refractivity contribution in [2.75, 3.05) is 12.3 Å². The first-order chi connectivity index (χ1) is 10.5. The van der Waals surface area contributed by atoms with E-state index < -0.39 is 6.61 Å². The number of hydrogen-bond donors (Lipinski definition) is 0. The molecule has 1 unspecified atom stereocenters. The molecular formula is C15H17F2NO3S. The molecule has 1 aromatic carbocycles. The van der Waals surface area contributed by atoms with Gasteiger partial charge in [0.2, 0.25) is 5.91 Å². The third-order valence-electron chi connectivity index (χ3n) is 3.37. The number of carbonyl (C=O) groups excluding carboxylic acids is 2. The molecule has 1 atom stereocenters. The van der Waals surface area contributed by atoms with E-state index >= 15 is 0 Å². The number of carbonyl (C=O) groups is 2. The molecule has 1 aliphatic rings. The number of likely N-dealkylation sites (tertiary alicyclic amines) is 1. The molecule has 0 aromatic heterocycles. The summed E-state index contributed by atoms with van der Waals surface area (Å²) in [4.78, 5) is 24.6. The van der Waals surface area contributed by atoms with Gasteiger partial charge in [-0.3, -0.25) is 9.59 Å². The molecule has 2 rings (SSSR count). The largest absolute Gasteiger partial charge is 0.434 e. The molecule has 1 fully saturated rings. The quantitative estimate of drug-likeness (QED) is 0.805. The second kappa shape index (κ2) is 7.58. The van der Waals surface area contributed by atoms with Crippen LogP contribution in [0.15, 0.2) is 24.3 Å². The summed E-state index contributed by atoms with van der Waals surface area (Å²) in [6, 6.07) is 6.46. The van der Waals surface area contributed by atoms with Gasteiger partial charge in [-0.05, 0) is 12.0 Å². The van der Waals surface area contributed by atoms with Crippen LogP contribution in [0, 0.1) is 5.92 Å². The van der Waals surface area contributed by atoms with Crippen LogP contribution < -0.4 is 4.74 Å². The van der Waals surface area contributed by atoms with E-state index in [9.17, 15) is 18.4 Å². The summed E-state index contributed by atoms with van der Waals surface area (Å²) in [6.45, 7) is -0.627. The molecule has 1 aromatic rings. The summed E-state index contributed by atoms with van der Waals surface area (Å²) in [5, 5.41) is 0.0292. The van der Waals surface area contributed by atoms with Crippen LogP contribution in [0.25, 0.3) is 0 Å². The molecule has 120 valence electrons. The highest BCUT2D eigenvalue weighted by molar-refractivity contribution is 8.13. The molecule has 1 heterocycles. The maximum atomic E-state index is 12.4. The van der Waals surface area contributed by atoms with E-state index in [1.165, 1.54) is 24.8 Å². The van der Waals surface area contributed by atoms with Crippen molar-refractivity contribution >= 4 is 22.8 Å². The van der Waals surface area contributed by atoms with E-state index in [4.69, 9.17) is 0 Å². The van der Waals surface area contributed by atoms with Gasteiger partial charge in [0.15, 0.2) is 5.12 Å². The van der Waals surface area contributed by atoms with Gasteiger partial charge >= 0.3 is 6.61 Å². The van der Waals surface area contributed by atoms with Crippen LogP contribution in [0.5, 0.6) is 5.75 Å². The number of thioether (sulfide) groups is 1. The molecule has 0 bridgehead atoms. The summed E-state index contributed by atoms with van der Waals surface area (Å²) in [5.41, 5.74) is 0.552. The average molecular weight is 329 g/mol. The molecule has 0 N–H and O–H groups in total. The SMILES string of the molecule is CC(=O)SCC1CC(=O)N(Cc2ccccc2OC(F)F)C1. The molecule has 22 heavy (non-hydrogen) atoms. The van der Waals surface area contributed by atoms with Gasteiger partial charge in [0.25, 0.3) is 0 Å². The maximum absolute atomic E-state index is 12.4. The van der Waals surface area contributed by atoms with E-state index in [0.717, 1.165) is 0 Å². The first-order valence-electron chi connectivity index (χ1n) is 6.89. The van der Waals surface area contributed by atoms with Crippen LogP contribution in [-0.4, -0.2) is 34.8 Å². The van der Waals surface area contributed by atoms with E-state index in [1.54, 1.807) is 23.1 Å². The standard InChI is InChI=1S/C15H17F2NO3S/c1-10(19)22-9-11-6-14(20)18(7-11)8-12-4-2-3-5-13(12)21-15(16)17/h2-5,11,15H,6-9H2,1H3. The minimum Gasteiger partial charge on any atom is -0.434 e. The van der Waals surface area contributed by atoms with Crippen LogP contribution in [0.3, 0.4) is 0 Å². The van der Waals surface area contributed by atoms with E-state index in [-0.39, 0.29) is 29.2 Å². The number of hydrogen-bond acceptors (Lipinski definition) is 4. The summed E-state index contributed by atoms with van der Waals surface area (Å²) in [7, 11) is 0. The number of benzene rings is 1. The van der Waals surface area contributed by atoms with Gasteiger partial charge in [-0.1, -0.05) is 30.0 Å². The number of alkyl halides is 2. The maximum Gasteiger partial charge on any atom is 0.387 e. The van der Waals surface area contributed by atoms with Crippen molar-refractivity contribution in [3.8, 4) is 5.75 Å². The van der Waals surface area contributed by atoms with E-state index in [1.807, 2.05) is 0 Å². The Labute approximate surface area is 131 Å². The van der Waals surface area contributed by atoms with Crippen LogP contribution in [0.1, 0.15) is 18.9 Å². The molecule has 0 radical (unpaired) electrons. The average Bonchev–Trinajstić information content (AvgIpc) is 2.79. The number of rotatable bonds is 6. The zero-order chi connectivity index (χ0) is 16.1. The van der Waals surface area contributed by atoms with Crippen molar-refractivity contribution in [1.82, 2.24) is 4.90 Å². The third-order valence-corrected chi connectivity index (χ3v) is 4.41. The van der Waals surface area contributed by atoms with Gasteiger partial charge in [-0.2, -0.15) is 8.78 Å². The number of para-hydroxylation sites is 1. The fourth-order valence-electron chi connectivity index (χ4n) is 2.40. The van der Waals surface area contributed by atoms with Crippen molar-refractivity contribution in [3.05, 3.63) is 29.8 Å². The monoisotopic (exact) mass is 329 g/mol. The van der Waals surface area contributed by atoms with E-state index in [2.05, 4.69) is 4.74 Å². The smallest absolute Gasteiger partial charge is 0.387 e. The third kappa shape index (κ3) is 4.69. The molecule has 1 aliphatic heterocycles. The zero-order valence-corrected chi connectivity index (χ0v) is 12.9. The van der Waals surface area contributed by atoms with Crippen molar-refractivity contribution in [2.45, 2.75) is 26.5 Å². The minimum atomic E-state index is -2.89. The van der Waals surface area contributed by atoms with Gasteiger partial charge in [0.1, 0.15) is 5.75 Å². The predicted octanol–water partition coefficient (Wildman–Crippen LogP) is 2.92. The lowest BCUT2D eigenvalue weighted by Gasteiger charge is -2.18. The fourth-order valence-corrected chi connectivity index (χ4v) is 3.10. The Balaban J connectivity index is 1.99. The van der Waals surface area contributed by atoms with Crippen LogP contribution >= 0.6 is 11.8 Å². The highest BCUT2D eigenvalue weighted by atomic mass is 32.2. The zero-order valence-electron chi connectivity index (χ0n) is 12.1. The normalized spacial score (nSPS) is 18.1. The lowest BCUT2D eigenvalue weighted by Crippen LogP contribution is -2.25. The minimum absolute atomic E-state index is 0.0268. The number of halogens is 2. The molecule has 1 amide bonds. The van der Waals surface area contributed by atoms with Crippen molar-refractivity contribution in [3.63, 3.8) is 0 Å². The van der Waals surface area contributed by atoms with Gasteiger partial charge in [-0.25, -0.2) is 0 Å². The van der Waals surface area contributed by atoms with Crippen LogP contribution in [0.2, 0.25) is 0 Å². The second-order valence-corrected chi connectivity index (χ2v) is 6.33. The molecule has 0 spiro atoms. The summed E-state index contributed by atoms with van der Waals surface area (Å²) < 4.78 is 29.3. The molecule has 4 nitrogen and oxygen atoms in total. The summed E-state index contributed by atoms with van der Waals surface area (Å²) in [6.07, 6.45) is 0.387. The van der Waals surface area contributed by atoms with E-state index in [0.29, 0.717) is 24.3 Å². The topological polar surface area (TPSA) is 46.6 Å². The van der Waals surface area contributed by atoms with Crippen molar-refractivity contribution < 1.29 is 23.1 Å². The summed E-state index contributed by atoms with van der Waals surface area (Å²) >= 11 is 1.21. The van der Waals surface area contributed by atoms with Gasteiger partial charge < -0.3 is 9.64 Å². The molecular weight excluding hydrogens is 312 g/mol. The second-order valence-electron chi connectivity index (χ2n) is 5.13. The Morgan fingerprint density at radius 2 is 2.18 bits per heavy atom. The lowest BCUT2D eigenvalue weighted by atomic mass is 10.1. The molecule has 7 heteroatoms. The number of ether oxygens (including phenoxy) is 1. The Morgan fingerprint density at radius 1 is 1.45 bits per heavy atom. The first kappa shape index (κ1) is 16.7.